The van der Waals surface area contributed by atoms with Crippen LogP contribution in [0.5, 0.6) is 5.75 Å². The van der Waals surface area contributed by atoms with Gasteiger partial charge >= 0.3 is 0 Å². The summed E-state index contributed by atoms with van der Waals surface area (Å²) >= 11 is 0. The molecule has 0 bridgehead atoms. The molecule has 0 spiro atoms. The fraction of sp³-hybridized carbons (Fsp3) is 0.368. The molecule has 1 aromatic rings. The maximum absolute atomic E-state index is 7.00. The minimum atomic E-state index is 0.0282. The number of methoxy groups -OCH3 is 1. The van der Waals surface area contributed by atoms with Crippen molar-refractivity contribution in [1.29, 1.82) is 0 Å². The largest absolute Gasteiger partial charge is 0.497 e. The quantitative estimate of drug-likeness (QED) is 0.631. The third-order valence-corrected chi connectivity index (χ3v) is 3.17. The van der Waals surface area contributed by atoms with E-state index in [-0.39, 0.29) is 5.41 Å². The lowest BCUT2D eigenvalue weighted by atomic mass is 9.78. The van der Waals surface area contributed by atoms with Crippen molar-refractivity contribution in [3.8, 4) is 5.75 Å². The van der Waals surface area contributed by atoms with Gasteiger partial charge in [0.1, 0.15) is 5.75 Å². The van der Waals surface area contributed by atoms with Crippen LogP contribution < -0.4 is 4.74 Å². The van der Waals surface area contributed by atoms with Crippen molar-refractivity contribution in [2.75, 3.05) is 14.2 Å². The summed E-state index contributed by atoms with van der Waals surface area (Å²) in [5, 5.41) is 7.00. The van der Waals surface area contributed by atoms with E-state index in [1.165, 1.54) is 11.1 Å². The van der Waals surface area contributed by atoms with Gasteiger partial charge < -0.3 is 9.84 Å². The van der Waals surface area contributed by atoms with Crippen LogP contribution in [0.25, 0.3) is 0 Å². The number of aliphatic hydroxyl groups is 1. The summed E-state index contributed by atoms with van der Waals surface area (Å²) in [4.78, 5) is 0. The zero-order chi connectivity index (χ0) is 16.9. The van der Waals surface area contributed by atoms with Gasteiger partial charge in [0.05, 0.1) is 7.11 Å². The van der Waals surface area contributed by atoms with Gasteiger partial charge in [-0.15, -0.1) is 6.58 Å². The van der Waals surface area contributed by atoms with Crippen LogP contribution in [0.15, 0.2) is 61.2 Å². The average Bonchev–Trinajstić information content (AvgIpc) is 2.50. The molecule has 0 radical (unpaired) electrons. The number of aliphatic hydroxyl groups excluding tert-OH is 1. The van der Waals surface area contributed by atoms with E-state index in [9.17, 15) is 0 Å². The van der Waals surface area contributed by atoms with Crippen molar-refractivity contribution in [3.63, 3.8) is 0 Å². The summed E-state index contributed by atoms with van der Waals surface area (Å²) < 4.78 is 5.16. The Bertz CT molecular complexity index is 425. The highest BCUT2D eigenvalue weighted by Crippen LogP contribution is 2.32. The summed E-state index contributed by atoms with van der Waals surface area (Å²) in [5.41, 5.74) is 2.61. The third-order valence-electron chi connectivity index (χ3n) is 3.17. The molecule has 1 N–H and O–H groups in total. The smallest absolute Gasteiger partial charge is 0.118 e. The molecule has 0 heterocycles. The van der Waals surface area contributed by atoms with Crippen LogP contribution in [0.2, 0.25) is 0 Å². The first kappa shape index (κ1) is 21.5. The maximum atomic E-state index is 7.00. The fourth-order valence-electron chi connectivity index (χ4n) is 1.62. The maximum Gasteiger partial charge on any atom is 0.118 e. The average molecular weight is 290 g/mol. The van der Waals surface area contributed by atoms with Gasteiger partial charge in [0.2, 0.25) is 0 Å². The molecule has 118 valence electrons. The molecule has 0 aliphatic carbocycles. The second-order valence-electron chi connectivity index (χ2n) is 4.85. The normalized spacial score (nSPS) is 10.3. The highest BCUT2D eigenvalue weighted by atomic mass is 16.5. The topological polar surface area (TPSA) is 29.5 Å². The van der Waals surface area contributed by atoms with Gasteiger partial charge in [-0.05, 0) is 31.5 Å². The van der Waals surface area contributed by atoms with Crippen LogP contribution in [-0.2, 0) is 5.41 Å². The predicted molar refractivity (Wildman–Crippen MR) is 94.0 cm³/mol. The monoisotopic (exact) mass is 290 g/mol. The van der Waals surface area contributed by atoms with E-state index in [0.29, 0.717) is 0 Å². The number of rotatable bonds is 4. The lowest BCUT2D eigenvalue weighted by Crippen LogP contribution is -2.18. The second kappa shape index (κ2) is 12.0. The van der Waals surface area contributed by atoms with Gasteiger partial charge in [-0.25, -0.2) is 0 Å². The van der Waals surface area contributed by atoms with Crippen LogP contribution in [-0.4, -0.2) is 19.3 Å². The first-order chi connectivity index (χ1) is 9.93. The summed E-state index contributed by atoms with van der Waals surface area (Å²) in [6.07, 6.45) is 5.64. The van der Waals surface area contributed by atoms with E-state index in [4.69, 9.17) is 9.84 Å². The number of benzene rings is 1. The van der Waals surface area contributed by atoms with Crippen LogP contribution in [0.4, 0.5) is 0 Å². The molecule has 21 heavy (non-hydrogen) atoms. The predicted octanol–water partition coefficient (Wildman–Crippen LogP) is 4.91. The molecule has 0 aliphatic rings. The minimum Gasteiger partial charge on any atom is -0.497 e. The number of ether oxygens (including phenoxy) is 1. The zero-order valence-electron chi connectivity index (χ0n) is 14.3. The first-order valence-corrected chi connectivity index (χ1v) is 6.90. The van der Waals surface area contributed by atoms with Crippen molar-refractivity contribution in [1.82, 2.24) is 0 Å². The van der Waals surface area contributed by atoms with Gasteiger partial charge in [0, 0.05) is 12.5 Å². The molecule has 0 saturated heterocycles. The van der Waals surface area contributed by atoms with Gasteiger partial charge in [0.25, 0.3) is 0 Å². The minimum absolute atomic E-state index is 0.0282. The van der Waals surface area contributed by atoms with Crippen molar-refractivity contribution < 1.29 is 9.84 Å². The second-order valence-corrected chi connectivity index (χ2v) is 4.85. The molecule has 0 fully saturated rings. The molecule has 0 aliphatic heterocycles. The Hall–Kier alpha value is -1.80. The van der Waals surface area contributed by atoms with Crippen molar-refractivity contribution >= 4 is 0 Å². The highest BCUT2D eigenvalue weighted by molar-refractivity contribution is 5.38. The summed E-state index contributed by atoms with van der Waals surface area (Å²) in [5.74, 6) is 0.893. The molecular formula is C19H30O2. The Morgan fingerprint density at radius 1 is 1.14 bits per heavy atom. The van der Waals surface area contributed by atoms with Gasteiger partial charge in [-0.3, -0.25) is 0 Å². The SMILES string of the molecule is C=C/C=C(\C)C(C)(C)c1ccc(OC)cc1.C=CC.CO. The number of hydrogen-bond donors (Lipinski definition) is 1. The van der Waals surface area contributed by atoms with Crippen LogP contribution in [0.3, 0.4) is 0 Å². The summed E-state index contributed by atoms with van der Waals surface area (Å²) in [6.45, 7) is 15.5. The van der Waals surface area contributed by atoms with Crippen LogP contribution in [0.1, 0.15) is 33.3 Å². The Morgan fingerprint density at radius 3 is 1.90 bits per heavy atom. The molecule has 0 atom stereocenters. The number of allylic oxidation sites excluding steroid dienone is 4. The molecule has 2 heteroatoms. The van der Waals surface area contributed by atoms with Crippen molar-refractivity contribution in [2.45, 2.75) is 33.1 Å². The molecular weight excluding hydrogens is 260 g/mol. The van der Waals surface area contributed by atoms with Crippen LogP contribution in [0, 0.1) is 0 Å². The standard InChI is InChI=1S/C15H20O.C3H6.CH4O/c1-6-7-12(2)15(3,4)13-8-10-14(16-5)11-9-13;1-3-2;1-2/h6-11H,1H2,2-5H3;3H,1H2,2H3;2H,1H3/b12-7+;;. The Kier molecular flexibility index (Phi) is 12.3. The molecule has 0 unspecified atom stereocenters. The van der Waals surface area contributed by atoms with Gasteiger partial charge in [-0.1, -0.05) is 56.4 Å². The molecule has 1 rings (SSSR count). The first-order valence-electron chi connectivity index (χ1n) is 6.90. The Morgan fingerprint density at radius 2 is 1.57 bits per heavy atom. The van der Waals surface area contributed by atoms with E-state index in [0.717, 1.165) is 12.9 Å². The lowest BCUT2D eigenvalue weighted by molar-refractivity contribution is 0.399. The molecule has 0 aromatic heterocycles. The summed E-state index contributed by atoms with van der Waals surface area (Å²) in [7, 11) is 2.68. The third kappa shape index (κ3) is 7.52. The van der Waals surface area contributed by atoms with E-state index in [1.54, 1.807) is 13.2 Å². The van der Waals surface area contributed by atoms with E-state index < -0.39 is 0 Å². The molecule has 0 amide bonds. The van der Waals surface area contributed by atoms with Crippen LogP contribution >= 0.6 is 0 Å². The van der Waals surface area contributed by atoms with Crippen molar-refractivity contribution in [2.24, 2.45) is 0 Å². The van der Waals surface area contributed by atoms with Gasteiger partial charge in [-0.2, -0.15) is 0 Å². The Balaban J connectivity index is 0. The number of hydrogen-bond acceptors (Lipinski definition) is 2. The van der Waals surface area contributed by atoms with E-state index in [2.05, 4.69) is 52.1 Å². The molecule has 2 nitrogen and oxygen atoms in total. The Labute approximate surface area is 130 Å². The molecule has 1 aromatic carbocycles. The fourth-order valence-corrected chi connectivity index (χ4v) is 1.62. The zero-order valence-corrected chi connectivity index (χ0v) is 14.3. The van der Waals surface area contributed by atoms with Crippen molar-refractivity contribution in [3.05, 3.63) is 66.8 Å². The van der Waals surface area contributed by atoms with Gasteiger partial charge in [0.15, 0.2) is 0 Å². The summed E-state index contributed by atoms with van der Waals surface area (Å²) in [6, 6.07) is 8.22. The molecule has 0 saturated carbocycles. The van der Waals surface area contributed by atoms with E-state index >= 15 is 0 Å². The highest BCUT2D eigenvalue weighted by Gasteiger charge is 2.21. The van der Waals surface area contributed by atoms with E-state index in [1.807, 2.05) is 25.1 Å². The lowest BCUT2D eigenvalue weighted by Gasteiger charge is -2.26.